The van der Waals surface area contributed by atoms with Gasteiger partial charge in [-0.2, -0.15) is 0 Å². The third-order valence-corrected chi connectivity index (χ3v) is 3.00. The molecule has 0 aliphatic heterocycles. The summed E-state index contributed by atoms with van der Waals surface area (Å²) in [6.07, 6.45) is 3.12. The quantitative estimate of drug-likeness (QED) is 0.755. The van der Waals surface area contributed by atoms with E-state index in [1.165, 1.54) is 0 Å². The Labute approximate surface area is 119 Å². The highest BCUT2D eigenvalue weighted by Gasteiger charge is 2.12. The number of urea groups is 1. The lowest BCUT2D eigenvalue weighted by atomic mass is 10.2. The molecule has 19 heavy (non-hydrogen) atoms. The molecule has 2 amide bonds. The first-order valence-electron chi connectivity index (χ1n) is 6.59. The third-order valence-electron chi connectivity index (χ3n) is 2.76. The number of unbranched alkanes of at least 4 members (excludes halogenated alkanes) is 2. The Hall–Kier alpha value is -1.26. The predicted octanol–water partition coefficient (Wildman–Crippen LogP) is 3.36. The summed E-state index contributed by atoms with van der Waals surface area (Å²) in [5.41, 5.74) is 0.663. The predicted molar refractivity (Wildman–Crippen MR) is 78.7 cm³/mol. The van der Waals surface area contributed by atoms with Crippen LogP contribution in [0.1, 0.15) is 26.2 Å². The van der Waals surface area contributed by atoms with Crippen molar-refractivity contribution in [2.75, 3.05) is 25.0 Å². The molecule has 0 atom stereocenters. The fraction of sp³-hybridized carbons (Fsp3) is 0.500. The number of nitrogens with one attached hydrogen (secondary N) is 1. The van der Waals surface area contributed by atoms with Crippen molar-refractivity contribution < 1.29 is 9.90 Å². The molecule has 4 nitrogen and oxygen atoms in total. The highest BCUT2D eigenvalue weighted by molar-refractivity contribution is 6.30. The number of aliphatic hydroxyl groups excluding tert-OH is 1. The van der Waals surface area contributed by atoms with Crippen LogP contribution in [0.3, 0.4) is 0 Å². The monoisotopic (exact) mass is 284 g/mol. The fourth-order valence-corrected chi connectivity index (χ4v) is 1.95. The Morgan fingerprint density at radius 2 is 2.16 bits per heavy atom. The highest BCUT2D eigenvalue weighted by Crippen LogP contribution is 2.15. The SMILES string of the molecule is CCCCCN(CCO)C(=O)Nc1cccc(Cl)c1. The van der Waals surface area contributed by atoms with E-state index in [2.05, 4.69) is 12.2 Å². The zero-order valence-corrected chi connectivity index (χ0v) is 12.0. The Morgan fingerprint density at radius 1 is 1.37 bits per heavy atom. The van der Waals surface area contributed by atoms with E-state index in [9.17, 15) is 4.79 Å². The molecule has 0 unspecified atom stereocenters. The molecule has 1 rings (SSSR count). The van der Waals surface area contributed by atoms with Gasteiger partial charge in [-0.3, -0.25) is 0 Å². The van der Waals surface area contributed by atoms with Crippen molar-refractivity contribution in [1.82, 2.24) is 4.90 Å². The van der Waals surface area contributed by atoms with E-state index in [0.29, 0.717) is 23.8 Å². The lowest BCUT2D eigenvalue weighted by Crippen LogP contribution is -2.37. The van der Waals surface area contributed by atoms with Crippen molar-refractivity contribution in [1.29, 1.82) is 0 Å². The Bertz CT molecular complexity index is 399. The van der Waals surface area contributed by atoms with E-state index in [0.717, 1.165) is 19.3 Å². The minimum atomic E-state index is -0.201. The summed E-state index contributed by atoms with van der Waals surface area (Å²) in [4.78, 5) is 13.7. The molecule has 0 fully saturated rings. The van der Waals surface area contributed by atoms with Crippen molar-refractivity contribution in [2.24, 2.45) is 0 Å². The number of hydrogen-bond donors (Lipinski definition) is 2. The summed E-state index contributed by atoms with van der Waals surface area (Å²) in [7, 11) is 0. The maximum absolute atomic E-state index is 12.1. The molecule has 0 aliphatic carbocycles. The minimum absolute atomic E-state index is 0.0326. The smallest absolute Gasteiger partial charge is 0.321 e. The van der Waals surface area contributed by atoms with Gasteiger partial charge in [0.1, 0.15) is 0 Å². The van der Waals surface area contributed by atoms with Gasteiger partial charge in [0.15, 0.2) is 0 Å². The van der Waals surface area contributed by atoms with Crippen molar-refractivity contribution in [3.8, 4) is 0 Å². The zero-order valence-electron chi connectivity index (χ0n) is 11.2. The lowest BCUT2D eigenvalue weighted by Gasteiger charge is -2.22. The van der Waals surface area contributed by atoms with Gasteiger partial charge in [0.2, 0.25) is 0 Å². The van der Waals surface area contributed by atoms with Crippen LogP contribution in [0.5, 0.6) is 0 Å². The fourth-order valence-electron chi connectivity index (χ4n) is 1.76. The number of anilines is 1. The van der Waals surface area contributed by atoms with Crippen LogP contribution in [0.15, 0.2) is 24.3 Å². The number of hydrogen-bond acceptors (Lipinski definition) is 2. The van der Waals surface area contributed by atoms with Gasteiger partial charge in [0.25, 0.3) is 0 Å². The van der Waals surface area contributed by atoms with Gasteiger partial charge in [0, 0.05) is 23.8 Å². The van der Waals surface area contributed by atoms with Crippen LogP contribution in [0.4, 0.5) is 10.5 Å². The molecule has 0 saturated heterocycles. The van der Waals surface area contributed by atoms with Crippen LogP contribution in [0.2, 0.25) is 5.02 Å². The molecule has 0 bridgehead atoms. The van der Waals surface area contributed by atoms with Crippen LogP contribution in [0, 0.1) is 0 Å². The first-order chi connectivity index (χ1) is 9.17. The number of benzene rings is 1. The summed E-state index contributed by atoms with van der Waals surface area (Å²) < 4.78 is 0. The zero-order chi connectivity index (χ0) is 14.1. The third kappa shape index (κ3) is 5.94. The summed E-state index contributed by atoms with van der Waals surface area (Å²) in [5, 5.41) is 12.4. The maximum Gasteiger partial charge on any atom is 0.321 e. The second-order valence-electron chi connectivity index (χ2n) is 4.36. The average molecular weight is 285 g/mol. The molecule has 0 radical (unpaired) electrons. The van der Waals surface area contributed by atoms with E-state index < -0.39 is 0 Å². The second-order valence-corrected chi connectivity index (χ2v) is 4.79. The number of rotatable bonds is 7. The van der Waals surface area contributed by atoms with Gasteiger partial charge in [-0.25, -0.2) is 4.79 Å². The molecular weight excluding hydrogens is 264 g/mol. The van der Waals surface area contributed by atoms with Gasteiger partial charge in [0.05, 0.1) is 6.61 Å². The van der Waals surface area contributed by atoms with Gasteiger partial charge in [-0.15, -0.1) is 0 Å². The van der Waals surface area contributed by atoms with Crippen LogP contribution in [-0.2, 0) is 0 Å². The Morgan fingerprint density at radius 3 is 2.79 bits per heavy atom. The van der Waals surface area contributed by atoms with Crippen LogP contribution < -0.4 is 5.32 Å². The Balaban J connectivity index is 2.55. The molecule has 0 spiro atoms. The molecule has 0 heterocycles. The molecule has 2 N–H and O–H groups in total. The number of nitrogens with zero attached hydrogens (tertiary/aromatic N) is 1. The Kier molecular flexibility index (Phi) is 7.30. The summed E-state index contributed by atoms with van der Waals surface area (Å²) in [5.74, 6) is 0. The van der Waals surface area contributed by atoms with E-state index in [1.807, 2.05) is 0 Å². The van der Waals surface area contributed by atoms with Crippen molar-refractivity contribution in [2.45, 2.75) is 26.2 Å². The largest absolute Gasteiger partial charge is 0.395 e. The van der Waals surface area contributed by atoms with Gasteiger partial charge >= 0.3 is 6.03 Å². The number of halogens is 1. The maximum atomic E-state index is 12.1. The summed E-state index contributed by atoms with van der Waals surface area (Å²) in [6.45, 7) is 3.08. The number of carbonyl (C=O) groups excluding carboxylic acids is 1. The molecule has 5 heteroatoms. The van der Waals surface area contributed by atoms with Crippen LogP contribution >= 0.6 is 11.6 Å². The molecule has 0 aliphatic rings. The van der Waals surface area contributed by atoms with Gasteiger partial charge in [-0.1, -0.05) is 37.4 Å². The molecule has 0 saturated carbocycles. The molecule has 1 aromatic rings. The first-order valence-corrected chi connectivity index (χ1v) is 6.97. The lowest BCUT2D eigenvalue weighted by molar-refractivity contribution is 0.187. The van der Waals surface area contributed by atoms with Gasteiger partial charge < -0.3 is 15.3 Å². The van der Waals surface area contributed by atoms with E-state index in [1.54, 1.807) is 29.2 Å². The number of aliphatic hydroxyl groups is 1. The van der Waals surface area contributed by atoms with Crippen molar-refractivity contribution in [3.05, 3.63) is 29.3 Å². The van der Waals surface area contributed by atoms with Crippen LogP contribution in [-0.4, -0.2) is 35.7 Å². The minimum Gasteiger partial charge on any atom is -0.395 e. The highest BCUT2D eigenvalue weighted by atomic mass is 35.5. The second kappa shape index (κ2) is 8.77. The van der Waals surface area contributed by atoms with Crippen molar-refractivity contribution >= 4 is 23.3 Å². The van der Waals surface area contributed by atoms with Gasteiger partial charge in [-0.05, 0) is 24.6 Å². The summed E-state index contributed by atoms with van der Waals surface area (Å²) in [6, 6.07) is 6.82. The summed E-state index contributed by atoms with van der Waals surface area (Å²) >= 11 is 5.87. The standard InChI is InChI=1S/C14H21ClN2O2/c1-2-3-4-8-17(9-10-18)14(19)16-13-7-5-6-12(15)11-13/h5-7,11,18H,2-4,8-10H2,1H3,(H,16,19). The van der Waals surface area contributed by atoms with Crippen molar-refractivity contribution in [3.63, 3.8) is 0 Å². The average Bonchev–Trinajstić information content (AvgIpc) is 2.38. The molecular formula is C14H21ClN2O2. The molecule has 0 aromatic heterocycles. The normalized spacial score (nSPS) is 10.3. The van der Waals surface area contributed by atoms with E-state index in [4.69, 9.17) is 16.7 Å². The number of carbonyl (C=O) groups is 1. The molecule has 106 valence electrons. The molecule has 1 aromatic carbocycles. The van der Waals surface area contributed by atoms with E-state index >= 15 is 0 Å². The number of amides is 2. The first kappa shape index (κ1) is 15.8. The van der Waals surface area contributed by atoms with E-state index in [-0.39, 0.29) is 12.6 Å². The van der Waals surface area contributed by atoms with Crippen LogP contribution in [0.25, 0.3) is 0 Å². The topological polar surface area (TPSA) is 52.6 Å².